The van der Waals surface area contributed by atoms with Gasteiger partial charge in [0.2, 0.25) is 0 Å². The molecule has 0 radical (unpaired) electrons. The van der Waals surface area contributed by atoms with E-state index in [1.54, 1.807) is 41.0 Å². The Morgan fingerprint density at radius 2 is 1.65 bits per heavy atom. The van der Waals surface area contributed by atoms with Gasteiger partial charge in [0.25, 0.3) is 11.8 Å². The fourth-order valence-corrected chi connectivity index (χ4v) is 5.02. The molecule has 3 aromatic carbocycles. The highest BCUT2D eigenvalue weighted by atomic mass is 35.5. The lowest BCUT2D eigenvalue weighted by molar-refractivity contribution is 0.0938. The molecule has 0 aliphatic heterocycles. The molecule has 5 rings (SSSR count). The van der Waals surface area contributed by atoms with Crippen LogP contribution >= 0.6 is 23.2 Å². The van der Waals surface area contributed by atoms with Gasteiger partial charge in [0.1, 0.15) is 11.8 Å². The van der Waals surface area contributed by atoms with Crippen LogP contribution < -0.4 is 16.0 Å². The van der Waals surface area contributed by atoms with Crippen molar-refractivity contribution in [2.24, 2.45) is 0 Å². The van der Waals surface area contributed by atoms with Crippen molar-refractivity contribution in [1.82, 2.24) is 19.9 Å². The first-order valence-electron chi connectivity index (χ1n) is 12.5. The van der Waals surface area contributed by atoms with E-state index in [0.29, 0.717) is 28.3 Å². The van der Waals surface area contributed by atoms with Crippen LogP contribution in [0.4, 0.5) is 17.2 Å². The number of aromatic nitrogens is 3. The normalized spacial score (nSPS) is 11.7. The maximum absolute atomic E-state index is 13.2. The lowest BCUT2D eigenvalue weighted by Crippen LogP contribution is -2.26. The molecule has 0 saturated carbocycles. The Labute approximate surface area is 241 Å². The molecule has 40 heavy (non-hydrogen) atoms. The molecular formula is C30H26Cl2N6O2. The van der Waals surface area contributed by atoms with Crippen LogP contribution in [0, 0.1) is 13.8 Å². The molecule has 0 unspecified atom stereocenters. The monoisotopic (exact) mass is 572 g/mol. The van der Waals surface area contributed by atoms with Crippen LogP contribution in [0.25, 0.3) is 5.52 Å². The zero-order valence-electron chi connectivity index (χ0n) is 22.0. The number of benzene rings is 3. The number of nitrogens with zero attached hydrogens (tertiary/aromatic N) is 3. The number of carbonyl (C=O) groups excluding carboxylic acids is 2. The maximum atomic E-state index is 13.2. The largest absolute Gasteiger partial charge is 0.345 e. The maximum Gasteiger partial charge on any atom is 0.258 e. The molecule has 1 atom stereocenters. The van der Waals surface area contributed by atoms with E-state index in [1.165, 1.54) is 6.33 Å². The summed E-state index contributed by atoms with van der Waals surface area (Å²) in [6.45, 7) is 5.74. The second-order valence-corrected chi connectivity index (χ2v) is 10.2. The van der Waals surface area contributed by atoms with E-state index >= 15 is 0 Å². The zero-order chi connectivity index (χ0) is 28.4. The summed E-state index contributed by atoms with van der Waals surface area (Å²) >= 11 is 12.4. The lowest BCUT2D eigenvalue weighted by Gasteiger charge is -2.14. The second-order valence-electron chi connectivity index (χ2n) is 9.38. The Hall–Kier alpha value is -4.40. The topological polar surface area (TPSA) is 100 Å². The summed E-state index contributed by atoms with van der Waals surface area (Å²) in [5.41, 5.74) is 5.29. The quantitative estimate of drug-likeness (QED) is 0.192. The number of halogens is 2. The number of carbonyl (C=O) groups is 2. The van der Waals surface area contributed by atoms with Crippen molar-refractivity contribution in [3.05, 3.63) is 117 Å². The van der Waals surface area contributed by atoms with E-state index in [9.17, 15) is 9.59 Å². The van der Waals surface area contributed by atoms with Crippen LogP contribution in [-0.2, 0) is 0 Å². The molecule has 5 aromatic rings. The number of rotatable bonds is 7. The van der Waals surface area contributed by atoms with Gasteiger partial charge < -0.3 is 16.0 Å². The van der Waals surface area contributed by atoms with E-state index in [4.69, 9.17) is 23.2 Å². The number of hydrogen-bond acceptors (Lipinski definition) is 5. The lowest BCUT2D eigenvalue weighted by atomic mass is 10.1. The van der Waals surface area contributed by atoms with Crippen LogP contribution in [0.2, 0.25) is 10.0 Å². The summed E-state index contributed by atoms with van der Waals surface area (Å²) in [7, 11) is 0. The van der Waals surface area contributed by atoms with Gasteiger partial charge >= 0.3 is 0 Å². The molecule has 0 saturated heterocycles. The van der Waals surface area contributed by atoms with Gasteiger partial charge in [0.05, 0.1) is 27.2 Å². The highest BCUT2D eigenvalue weighted by Crippen LogP contribution is 2.30. The third kappa shape index (κ3) is 5.50. The second kappa shape index (κ2) is 11.4. The molecule has 0 spiro atoms. The van der Waals surface area contributed by atoms with E-state index < -0.39 is 5.91 Å². The number of amides is 2. The van der Waals surface area contributed by atoms with Crippen molar-refractivity contribution in [2.45, 2.75) is 26.8 Å². The van der Waals surface area contributed by atoms with Gasteiger partial charge in [-0.25, -0.2) is 9.50 Å². The molecule has 0 aliphatic carbocycles. The van der Waals surface area contributed by atoms with Gasteiger partial charge in [0, 0.05) is 17.6 Å². The highest BCUT2D eigenvalue weighted by Gasteiger charge is 2.20. The molecular weight excluding hydrogens is 547 g/mol. The van der Waals surface area contributed by atoms with E-state index in [1.807, 2.05) is 57.2 Å². The molecule has 2 heterocycles. The minimum Gasteiger partial charge on any atom is -0.345 e. The van der Waals surface area contributed by atoms with Crippen molar-refractivity contribution in [3.8, 4) is 0 Å². The Kier molecular flexibility index (Phi) is 7.73. The molecule has 202 valence electrons. The van der Waals surface area contributed by atoms with Crippen LogP contribution in [-0.4, -0.2) is 26.4 Å². The molecule has 3 N–H and O–H groups in total. The van der Waals surface area contributed by atoms with Crippen molar-refractivity contribution >= 4 is 57.7 Å². The SMILES string of the molecule is Cc1ccc(NC(=O)c2c(Cl)cccc2Cl)cc1Nc1ncnn2cc(C(=O)N[C@@H](C)c3ccccc3)c(C)c12. The summed E-state index contributed by atoms with van der Waals surface area (Å²) in [6, 6.07) is 20.0. The van der Waals surface area contributed by atoms with Crippen molar-refractivity contribution in [1.29, 1.82) is 0 Å². The fourth-order valence-electron chi connectivity index (χ4n) is 4.45. The van der Waals surface area contributed by atoms with Crippen LogP contribution in [0.1, 0.15) is 50.4 Å². The molecule has 0 aliphatic rings. The van der Waals surface area contributed by atoms with Gasteiger partial charge in [-0.05, 0) is 61.7 Å². The first-order chi connectivity index (χ1) is 19.2. The van der Waals surface area contributed by atoms with Gasteiger partial charge in [0.15, 0.2) is 5.82 Å². The summed E-state index contributed by atoms with van der Waals surface area (Å²) in [5, 5.41) is 14.1. The Bertz CT molecular complexity index is 1720. The molecule has 10 heteroatoms. The summed E-state index contributed by atoms with van der Waals surface area (Å²) in [5.74, 6) is -0.106. The van der Waals surface area contributed by atoms with Crippen molar-refractivity contribution in [3.63, 3.8) is 0 Å². The number of anilines is 3. The average Bonchev–Trinajstić information content (AvgIpc) is 3.28. The van der Waals surface area contributed by atoms with Crippen LogP contribution in [0.5, 0.6) is 0 Å². The number of aryl methyl sites for hydroxylation is 2. The summed E-state index contributed by atoms with van der Waals surface area (Å²) in [6.07, 6.45) is 3.12. The van der Waals surface area contributed by atoms with Gasteiger partial charge in [-0.15, -0.1) is 0 Å². The van der Waals surface area contributed by atoms with Crippen molar-refractivity contribution < 1.29 is 9.59 Å². The average molecular weight is 573 g/mol. The van der Waals surface area contributed by atoms with Gasteiger partial charge in [-0.2, -0.15) is 5.10 Å². The minimum atomic E-state index is -0.419. The highest BCUT2D eigenvalue weighted by molar-refractivity contribution is 6.40. The van der Waals surface area contributed by atoms with E-state index in [-0.39, 0.29) is 27.6 Å². The first-order valence-corrected chi connectivity index (χ1v) is 13.3. The Balaban J connectivity index is 1.41. The third-order valence-corrected chi connectivity index (χ3v) is 7.29. The number of nitrogens with one attached hydrogen (secondary N) is 3. The number of hydrogen-bond donors (Lipinski definition) is 3. The summed E-state index contributed by atoms with van der Waals surface area (Å²) < 4.78 is 1.63. The Morgan fingerprint density at radius 1 is 0.925 bits per heavy atom. The van der Waals surface area contributed by atoms with Gasteiger partial charge in [-0.3, -0.25) is 9.59 Å². The van der Waals surface area contributed by atoms with Gasteiger partial charge in [-0.1, -0.05) is 65.7 Å². The minimum absolute atomic E-state index is 0.166. The van der Waals surface area contributed by atoms with Crippen LogP contribution in [0.3, 0.4) is 0 Å². The first kappa shape index (κ1) is 27.2. The number of fused-ring (bicyclic) bond motifs is 1. The Morgan fingerprint density at radius 3 is 2.38 bits per heavy atom. The standard InChI is InChI=1S/C30H26Cl2N6O2/c1-17-12-13-21(36-30(40)26-23(31)10-7-11-24(26)32)14-25(17)37-28-27-18(2)22(15-38(27)34-16-33-28)29(39)35-19(3)20-8-5-4-6-9-20/h4-16,19H,1-3H3,(H,35,39)(H,36,40)(H,33,34,37)/t19-/m0/s1. The molecule has 2 aromatic heterocycles. The molecule has 2 amide bonds. The smallest absolute Gasteiger partial charge is 0.258 e. The predicted octanol–water partition coefficient (Wildman–Crippen LogP) is 7.14. The molecule has 8 nitrogen and oxygen atoms in total. The van der Waals surface area contributed by atoms with Crippen LogP contribution in [0.15, 0.2) is 79.3 Å². The van der Waals surface area contributed by atoms with E-state index in [2.05, 4.69) is 26.0 Å². The molecule has 0 bridgehead atoms. The van der Waals surface area contributed by atoms with Crippen molar-refractivity contribution in [2.75, 3.05) is 10.6 Å². The fraction of sp³-hybridized carbons (Fsp3) is 0.133. The van der Waals surface area contributed by atoms with E-state index in [0.717, 1.165) is 16.7 Å². The summed E-state index contributed by atoms with van der Waals surface area (Å²) in [4.78, 5) is 30.6. The zero-order valence-corrected chi connectivity index (χ0v) is 23.5. The predicted molar refractivity (Wildman–Crippen MR) is 159 cm³/mol. The third-order valence-electron chi connectivity index (χ3n) is 6.66. The molecule has 0 fully saturated rings.